The van der Waals surface area contributed by atoms with E-state index in [1.807, 2.05) is 0 Å². The van der Waals surface area contributed by atoms with Gasteiger partial charge in [-0.25, -0.2) is 4.89 Å². The lowest BCUT2D eigenvalue weighted by atomic mass is 9.74. The summed E-state index contributed by atoms with van der Waals surface area (Å²) in [6, 6.07) is 0. The minimum absolute atomic E-state index is 0.0683. The van der Waals surface area contributed by atoms with Gasteiger partial charge in [-0.15, -0.1) is 0 Å². The van der Waals surface area contributed by atoms with Crippen LogP contribution in [0, 0.1) is 17.8 Å². The average Bonchev–Trinajstić information content (AvgIpc) is 2.03. The largest absolute Gasteiger partial charge is 0.252 e. The molecule has 0 radical (unpaired) electrons. The summed E-state index contributed by atoms with van der Waals surface area (Å²) in [5.41, 5.74) is 0. The molecule has 2 nitrogen and oxygen atoms in total. The fourth-order valence-corrected chi connectivity index (χ4v) is 2.32. The molecule has 0 heterocycles. The molecule has 0 aromatic carbocycles. The smallest absolute Gasteiger partial charge is 0.0983 e. The monoisotopic (exact) mass is 172 g/mol. The topological polar surface area (TPSA) is 29.5 Å². The zero-order chi connectivity index (χ0) is 9.14. The number of hydrogen-bond donors (Lipinski definition) is 1. The van der Waals surface area contributed by atoms with E-state index in [9.17, 15) is 0 Å². The Labute approximate surface area is 74.9 Å². The summed E-state index contributed by atoms with van der Waals surface area (Å²) in [6.07, 6.45) is 3.74. The van der Waals surface area contributed by atoms with Gasteiger partial charge >= 0.3 is 0 Å². The maximum atomic E-state index is 8.78. The van der Waals surface area contributed by atoms with Gasteiger partial charge in [0.05, 0.1) is 6.10 Å². The standard InChI is InChI=1S/C10H20O2/c1-7(2)9-6-4-5-8(3)10(9)12-11/h7-11H,4-6H2,1-3H3. The second-order valence-corrected chi connectivity index (χ2v) is 4.39. The van der Waals surface area contributed by atoms with Crippen LogP contribution < -0.4 is 0 Å². The van der Waals surface area contributed by atoms with E-state index in [0.29, 0.717) is 17.8 Å². The van der Waals surface area contributed by atoms with Crippen molar-refractivity contribution in [3.63, 3.8) is 0 Å². The van der Waals surface area contributed by atoms with E-state index in [0.717, 1.165) is 0 Å². The van der Waals surface area contributed by atoms with Gasteiger partial charge in [-0.05, 0) is 30.6 Å². The lowest BCUT2D eigenvalue weighted by Crippen LogP contribution is -2.36. The van der Waals surface area contributed by atoms with Crippen molar-refractivity contribution in [3.05, 3.63) is 0 Å². The first kappa shape index (κ1) is 10.0. The molecule has 0 aliphatic heterocycles. The normalized spacial score (nSPS) is 37.2. The van der Waals surface area contributed by atoms with Crippen molar-refractivity contribution in [1.29, 1.82) is 0 Å². The molecule has 72 valence electrons. The van der Waals surface area contributed by atoms with Gasteiger partial charge in [-0.2, -0.15) is 0 Å². The third-order valence-electron chi connectivity index (χ3n) is 3.16. The van der Waals surface area contributed by atoms with Crippen molar-refractivity contribution in [1.82, 2.24) is 0 Å². The number of rotatable bonds is 2. The Kier molecular flexibility index (Phi) is 3.53. The van der Waals surface area contributed by atoms with Crippen molar-refractivity contribution >= 4 is 0 Å². The van der Waals surface area contributed by atoms with Crippen molar-refractivity contribution in [2.75, 3.05) is 0 Å². The molecule has 1 N–H and O–H groups in total. The molecule has 1 fully saturated rings. The highest BCUT2D eigenvalue weighted by molar-refractivity contribution is 4.81. The Morgan fingerprint density at radius 2 is 2.00 bits per heavy atom. The minimum atomic E-state index is 0.0683. The molecule has 12 heavy (non-hydrogen) atoms. The van der Waals surface area contributed by atoms with Crippen LogP contribution in [0.15, 0.2) is 0 Å². The Morgan fingerprint density at radius 3 is 2.42 bits per heavy atom. The van der Waals surface area contributed by atoms with Crippen LogP contribution in [0.1, 0.15) is 40.0 Å². The van der Waals surface area contributed by atoms with Gasteiger partial charge in [0.25, 0.3) is 0 Å². The highest BCUT2D eigenvalue weighted by Crippen LogP contribution is 2.35. The molecule has 0 spiro atoms. The zero-order valence-electron chi connectivity index (χ0n) is 8.29. The third-order valence-corrected chi connectivity index (χ3v) is 3.16. The van der Waals surface area contributed by atoms with Crippen LogP contribution >= 0.6 is 0 Å². The lowest BCUT2D eigenvalue weighted by molar-refractivity contribution is -0.309. The Balaban J connectivity index is 2.57. The molecule has 1 aliphatic carbocycles. The second kappa shape index (κ2) is 4.24. The number of hydrogen-bond acceptors (Lipinski definition) is 2. The molecule has 0 amide bonds. The zero-order valence-corrected chi connectivity index (χ0v) is 8.29. The van der Waals surface area contributed by atoms with Crippen LogP contribution in [0.3, 0.4) is 0 Å². The summed E-state index contributed by atoms with van der Waals surface area (Å²) < 4.78 is 0. The van der Waals surface area contributed by atoms with Gasteiger partial charge in [0, 0.05) is 0 Å². The van der Waals surface area contributed by atoms with Crippen molar-refractivity contribution in [2.45, 2.75) is 46.1 Å². The van der Waals surface area contributed by atoms with Crippen molar-refractivity contribution in [3.8, 4) is 0 Å². The van der Waals surface area contributed by atoms with Crippen LogP contribution in [0.4, 0.5) is 0 Å². The molecule has 0 aromatic heterocycles. The molecular weight excluding hydrogens is 152 g/mol. The third kappa shape index (κ3) is 1.99. The average molecular weight is 172 g/mol. The maximum absolute atomic E-state index is 8.78. The van der Waals surface area contributed by atoms with Gasteiger partial charge in [0.2, 0.25) is 0 Å². The van der Waals surface area contributed by atoms with E-state index < -0.39 is 0 Å². The summed E-state index contributed by atoms with van der Waals surface area (Å²) in [4.78, 5) is 4.58. The summed E-state index contributed by atoms with van der Waals surface area (Å²) in [5, 5.41) is 8.78. The molecule has 0 aromatic rings. The van der Waals surface area contributed by atoms with Crippen LogP contribution in [0.25, 0.3) is 0 Å². The Bertz CT molecular complexity index is 134. The van der Waals surface area contributed by atoms with E-state index in [2.05, 4.69) is 25.7 Å². The maximum Gasteiger partial charge on any atom is 0.0983 e. The summed E-state index contributed by atoms with van der Waals surface area (Å²) in [5.74, 6) is 1.67. The van der Waals surface area contributed by atoms with Crippen molar-refractivity contribution < 1.29 is 10.1 Å². The van der Waals surface area contributed by atoms with Crippen LogP contribution in [-0.4, -0.2) is 11.4 Å². The highest BCUT2D eigenvalue weighted by Gasteiger charge is 2.33. The minimum Gasteiger partial charge on any atom is -0.252 e. The molecule has 1 rings (SSSR count). The van der Waals surface area contributed by atoms with Crippen LogP contribution in [-0.2, 0) is 4.89 Å². The molecule has 1 aliphatic rings. The molecule has 0 bridgehead atoms. The van der Waals surface area contributed by atoms with E-state index >= 15 is 0 Å². The summed E-state index contributed by atoms with van der Waals surface area (Å²) >= 11 is 0. The van der Waals surface area contributed by atoms with Crippen LogP contribution in [0.5, 0.6) is 0 Å². The molecule has 3 atom stereocenters. The molecule has 1 saturated carbocycles. The van der Waals surface area contributed by atoms with Crippen molar-refractivity contribution in [2.24, 2.45) is 17.8 Å². The summed E-state index contributed by atoms with van der Waals surface area (Å²) in [7, 11) is 0. The van der Waals surface area contributed by atoms with Crippen LogP contribution in [0.2, 0.25) is 0 Å². The van der Waals surface area contributed by atoms with Gasteiger partial charge in [0.1, 0.15) is 0 Å². The first-order chi connectivity index (χ1) is 5.66. The van der Waals surface area contributed by atoms with E-state index in [1.165, 1.54) is 19.3 Å². The van der Waals surface area contributed by atoms with Gasteiger partial charge in [-0.1, -0.05) is 27.2 Å². The molecule has 2 heteroatoms. The quantitative estimate of drug-likeness (QED) is 0.512. The molecular formula is C10H20O2. The first-order valence-electron chi connectivity index (χ1n) is 4.97. The highest BCUT2D eigenvalue weighted by atomic mass is 17.1. The predicted molar refractivity (Wildman–Crippen MR) is 48.8 cm³/mol. The fraction of sp³-hybridized carbons (Fsp3) is 1.00. The van der Waals surface area contributed by atoms with E-state index in [1.54, 1.807) is 0 Å². The predicted octanol–water partition coefficient (Wildman–Crippen LogP) is 2.94. The SMILES string of the molecule is CC(C)C1CCCC(C)C1OO. The first-order valence-corrected chi connectivity index (χ1v) is 4.97. The fourth-order valence-electron chi connectivity index (χ4n) is 2.32. The molecule has 0 saturated heterocycles. The Hall–Kier alpha value is -0.0800. The lowest BCUT2D eigenvalue weighted by Gasteiger charge is -2.36. The van der Waals surface area contributed by atoms with Gasteiger partial charge in [0.15, 0.2) is 0 Å². The van der Waals surface area contributed by atoms with E-state index in [4.69, 9.17) is 5.26 Å². The van der Waals surface area contributed by atoms with Gasteiger partial charge in [-0.3, -0.25) is 5.26 Å². The molecule has 3 unspecified atom stereocenters. The second-order valence-electron chi connectivity index (χ2n) is 4.39. The summed E-state index contributed by atoms with van der Waals surface area (Å²) in [6.45, 7) is 6.57. The Morgan fingerprint density at radius 1 is 1.33 bits per heavy atom. The van der Waals surface area contributed by atoms with Gasteiger partial charge < -0.3 is 0 Å². The van der Waals surface area contributed by atoms with E-state index in [-0.39, 0.29) is 6.10 Å².